The summed E-state index contributed by atoms with van der Waals surface area (Å²) >= 11 is 0. The monoisotopic (exact) mass is 430 g/mol. The van der Waals surface area contributed by atoms with Crippen molar-refractivity contribution in [3.05, 3.63) is 84.2 Å². The third-order valence-corrected chi connectivity index (χ3v) is 5.92. The van der Waals surface area contributed by atoms with Gasteiger partial charge in [0.25, 0.3) is 0 Å². The van der Waals surface area contributed by atoms with Crippen molar-refractivity contribution in [1.29, 1.82) is 0 Å². The van der Waals surface area contributed by atoms with Crippen LogP contribution in [0, 0.1) is 12.3 Å². The molecule has 2 aromatic heterocycles. The Bertz CT molecular complexity index is 1400. The highest BCUT2D eigenvalue weighted by atomic mass is 32.2. The second kappa shape index (κ2) is 8.42. The van der Waals surface area contributed by atoms with Gasteiger partial charge in [0.1, 0.15) is 0 Å². The summed E-state index contributed by atoms with van der Waals surface area (Å²) in [6.07, 6.45) is 8.38. The largest absolute Gasteiger partial charge is 0.288 e. The van der Waals surface area contributed by atoms with Crippen molar-refractivity contribution >= 4 is 27.1 Å². The van der Waals surface area contributed by atoms with Gasteiger partial charge in [-0.2, -0.15) is 5.10 Å². The van der Waals surface area contributed by atoms with Crippen LogP contribution in [0.5, 0.6) is 0 Å². The van der Waals surface area contributed by atoms with E-state index in [1.165, 1.54) is 6.20 Å². The minimum Gasteiger partial charge on any atom is -0.288 e. The van der Waals surface area contributed by atoms with Gasteiger partial charge in [0.2, 0.25) is 10.0 Å². The van der Waals surface area contributed by atoms with Crippen LogP contribution in [0.2, 0.25) is 0 Å². The molecule has 0 spiro atoms. The van der Waals surface area contributed by atoms with Crippen LogP contribution in [0.15, 0.2) is 73.1 Å². The first-order valence-corrected chi connectivity index (χ1v) is 11.1. The van der Waals surface area contributed by atoms with Crippen molar-refractivity contribution in [1.82, 2.24) is 14.6 Å². The second-order valence-electron chi connectivity index (χ2n) is 6.77. The molecule has 0 amide bonds. The molecule has 0 atom stereocenters. The van der Waals surface area contributed by atoms with Gasteiger partial charge < -0.3 is 0 Å². The molecule has 0 aliphatic carbocycles. The first kappa shape index (κ1) is 20.3. The highest BCUT2D eigenvalue weighted by Crippen LogP contribution is 2.25. The summed E-state index contributed by atoms with van der Waals surface area (Å²) < 4.78 is 28.4. The van der Waals surface area contributed by atoms with Crippen molar-refractivity contribution in [2.45, 2.75) is 6.42 Å². The van der Waals surface area contributed by atoms with Crippen LogP contribution in [-0.4, -0.2) is 34.6 Å². The van der Waals surface area contributed by atoms with E-state index >= 15 is 0 Å². The summed E-state index contributed by atoms with van der Waals surface area (Å²) in [5.74, 6) is 2.00. The van der Waals surface area contributed by atoms with Crippen LogP contribution < -0.4 is 4.72 Å². The number of hydrogen-bond acceptors (Lipinski definition) is 5. The van der Waals surface area contributed by atoms with E-state index in [9.17, 15) is 13.2 Å². The molecule has 4 rings (SSSR count). The number of nitrogens with zero attached hydrogens (tertiary/aromatic N) is 3. The molecular weight excluding hydrogens is 412 g/mol. The third-order valence-electron chi connectivity index (χ3n) is 4.63. The number of carbonyl (C=O) groups is 1. The molecule has 0 bridgehead atoms. The molecule has 0 saturated heterocycles. The van der Waals surface area contributed by atoms with Gasteiger partial charge in [-0.3, -0.25) is 9.52 Å². The number of hydrogen-bond donors (Lipinski definition) is 1. The predicted octanol–water partition coefficient (Wildman–Crippen LogP) is 3.39. The number of ketones is 1. The highest BCUT2D eigenvalue weighted by molar-refractivity contribution is 7.92. The summed E-state index contributed by atoms with van der Waals surface area (Å²) in [4.78, 5) is 17.2. The molecule has 0 saturated carbocycles. The number of rotatable bonds is 7. The van der Waals surface area contributed by atoms with Crippen LogP contribution in [-0.2, 0) is 10.0 Å². The molecule has 31 heavy (non-hydrogen) atoms. The number of carbonyl (C=O) groups excluding carboxylic acids is 1. The molecule has 0 aliphatic heterocycles. The number of terminal acetylenes is 1. The maximum atomic E-state index is 12.9. The molecule has 2 aromatic carbocycles. The Labute approximate surface area is 179 Å². The Morgan fingerprint density at radius 1 is 1.10 bits per heavy atom. The Balaban J connectivity index is 1.71. The SMILES string of the molecule is C#CCCS(=O)(=O)Nc1cccc(-c2ccnc3c(C(=O)c4ccccc4)cnn23)c1. The average Bonchev–Trinajstić information content (AvgIpc) is 3.22. The number of aromatic nitrogens is 3. The van der Waals surface area contributed by atoms with Gasteiger partial charge >= 0.3 is 0 Å². The summed E-state index contributed by atoms with van der Waals surface area (Å²) in [5, 5.41) is 4.36. The fraction of sp³-hybridized carbons (Fsp3) is 0.0870. The van der Waals surface area contributed by atoms with Crippen molar-refractivity contribution in [3.8, 4) is 23.6 Å². The molecule has 4 aromatic rings. The minimum atomic E-state index is -3.55. The van der Waals surface area contributed by atoms with E-state index in [4.69, 9.17) is 6.42 Å². The molecule has 1 N–H and O–H groups in total. The molecule has 0 unspecified atom stereocenters. The van der Waals surface area contributed by atoms with Crippen LogP contribution in [0.3, 0.4) is 0 Å². The van der Waals surface area contributed by atoms with Gasteiger partial charge in [-0.1, -0.05) is 42.5 Å². The lowest BCUT2D eigenvalue weighted by Crippen LogP contribution is -2.16. The molecule has 7 nitrogen and oxygen atoms in total. The molecule has 0 fully saturated rings. The smallest absolute Gasteiger partial charge is 0.233 e. The van der Waals surface area contributed by atoms with Crippen LogP contribution in [0.4, 0.5) is 5.69 Å². The predicted molar refractivity (Wildman–Crippen MR) is 119 cm³/mol. The van der Waals surface area contributed by atoms with Crippen molar-refractivity contribution in [2.24, 2.45) is 0 Å². The molecule has 154 valence electrons. The van der Waals surface area contributed by atoms with Gasteiger partial charge in [0, 0.05) is 29.4 Å². The van der Waals surface area contributed by atoms with Crippen molar-refractivity contribution < 1.29 is 13.2 Å². The average molecular weight is 430 g/mol. The first-order valence-electron chi connectivity index (χ1n) is 9.45. The van der Waals surface area contributed by atoms with Gasteiger partial charge in [-0.05, 0) is 18.2 Å². The van der Waals surface area contributed by atoms with E-state index < -0.39 is 10.0 Å². The molecule has 0 aliphatic rings. The minimum absolute atomic E-state index is 0.130. The fourth-order valence-corrected chi connectivity index (χ4v) is 4.16. The quantitative estimate of drug-likeness (QED) is 0.358. The van der Waals surface area contributed by atoms with Crippen molar-refractivity contribution in [2.75, 3.05) is 10.5 Å². The Morgan fingerprint density at radius 3 is 2.68 bits per heavy atom. The van der Waals surface area contributed by atoms with E-state index in [1.54, 1.807) is 59.2 Å². The van der Waals surface area contributed by atoms with E-state index in [-0.39, 0.29) is 18.0 Å². The Hall–Kier alpha value is -3.96. The molecular formula is C23H18N4O3S. The molecule has 2 heterocycles. The van der Waals surface area contributed by atoms with Gasteiger partial charge in [-0.25, -0.2) is 17.9 Å². The number of fused-ring (bicyclic) bond motifs is 1. The lowest BCUT2D eigenvalue weighted by molar-refractivity contribution is 0.104. The van der Waals surface area contributed by atoms with E-state index in [0.717, 1.165) is 0 Å². The number of anilines is 1. The van der Waals surface area contributed by atoms with E-state index in [0.29, 0.717) is 33.7 Å². The van der Waals surface area contributed by atoms with Crippen LogP contribution in [0.25, 0.3) is 16.9 Å². The maximum Gasteiger partial charge on any atom is 0.233 e. The van der Waals surface area contributed by atoms with Crippen LogP contribution >= 0.6 is 0 Å². The Kier molecular flexibility index (Phi) is 5.52. The summed E-state index contributed by atoms with van der Waals surface area (Å²) in [7, 11) is -3.55. The standard InChI is InChI=1S/C23H18N4O3S/c1-2-3-14-31(29,30)26-19-11-7-10-18(15-19)21-12-13-24-23-20(16-25-27(21)23)22(28)17-8-5-4-6-9-17/h1,4-13,15-16,26H,3,14H2. The topological polar surface area (TPSA) is 93.4 Å². The number of nitrogens with one attached hydrogen (secondary N) is 1. The zero-order chi connectivity index (χ0) is 21.8. The lowest BCUT2D eigenvalue weighted by Gasteiger charge is -2.10. The number of benzene rings is 2. The summed E-state index contributed by atoms with van der Waals surface area (Å²) in [5.41, 5.74) is 3.15. The summed E-state index contributed by atoms with van der Waals surface area (Å²) in [6, 6.07) is 17.6. The zero-order valence-electron chi connectivity index (χ0n) is 16.4. The van der Waals surface area contributed by atoms with Crippen LogP contribution in [0.1, 0.15) is 22.3 Å². The van der Waals surface area contributed by atoms with Gasteiger partial charge in [0.15, 0.2) is 11.4 Å². The normalized spacial score (nSPS) is 11.2. The van der Waals surface area contributed by atoms with E-state index in [1.807, 2.05) is 12.1 Å². The highest BCUT2D eigenvalue weighted by Gasteiger charge is 2.18. The zero-order valence-corrected chi connectivity index (χ0v) is 17.2. The summed E-state index contributed by atoms with van der Waals surface area (Å²) in [6.45, 7) is 0. The van der Waals surface area contributed by atoms with E-state index in [2.05, 4.69) is 20.7 Å². The van der Waals surface area contributed by atoms with Gasteiger partial charge in [-0.15, -0.1) is 12.3 Å². The third kappa shape index (κ3) is 4.32. The number of sulfonamides is 1. The fourth-order valence-electron chi connectivity index (χ4n) is 3.18. The maximum absolute atomic E-state index is 12.9. The molecule has 0 radical (unpaired) electrons. The molecule has 8 heteroatoms. The Morgan fingerprint density at radius 2 is 1.90 bits per heavy atom. The van der Waals surface area contributed by atoms with Gasteiger partial charge in [0.05, 0.1) is 23.2 Å². The first-order chi connectivity index (χ1) is 15.0. The second-order valence-corrected chi connectivity index (χ2v) is 8.62. The lowest BCUT2D eigenvalue weighted by atomic mass is 10.1. The van der Waals surface area contributed by atoms with Crippen molar-refractivity contribution in [3.63, 3.8) is 0 Å².